The fourth-order valence-electron chi connectivity index (χ4n) is 4.24. The molecule has 0 saturated carbocycles. The van der Waals surface area contributed by atoms with Gasteiger partial charge in [0.25, 0.3) is 0 Å². The van der Waals surface area contributed by atoms with E-state index in [1.54, 1.807) is 14.2 Å². The number of pyridine rings is 1. The Morgan fingerprint density at radius 2 is 1.03 bits per heavy atom. The van der Waals surface area contributed by atoms with Crippen LogP contribution < -0.4 is 9.47 Å². The summed E-state index contributed by atoms with van der Waals surface area (Å²) in [5.41, 5.74) is 5.86. The minimum Gasteiger partial charge on any atom is -0.496 e. The van der Waals surface area contributed by atoms with Crippen molar-refractivity contribution in [2.75, 3.05) is 14.2 Å². The van der Waals surface area contributed by atoms with Gasteiger partial charge in [0.15, 0.2) is 0 Å². The average molecular weight is 418 g/mol. The predicted octanol–water partition coefficient (Wildman–Crippen LogP) is 7.25. The van der Waals surface area contributed by atoms with Gasteiger partial charge in [-0.1, -0.05) is 84.9 Å². The lowest BCUT2D eigenvalue weighted by atomic mass is 9.91. The van der Waals surface area contributed by atoms with E-state index in [9.17, 15) is 0 Å². The molecule has 0 spiro atoms. The lowest BCUT2D eigenvalue weighted by Crippen LogP contribution is -1.99. The maximum absolute atomic E-state index is 5.75. The highest BCUT2D eigenvalue weighted by Crippen LogP contribution is 2.45. The highest BCUT2D eigenvalue weighted by atomic mass is 16.5. The summed E-state index contributed by atoms with van der Waals surface area (Å²) < 4.78 is 11.5. The molecule has 1 aromatic heterocycles. The smallest absolute Gasteiger partial charge is 0.128 e. The molecule has 0 aliphatic heterocycles. The van der Waals surface area contributed by atoms with Crippen molar-refractivity contribution in [3.63, 3.8) is 0 Å². The van der Waals surface area contributed by atoms with Crippen LogP contribution in [0.4, 0.5) is 0 Å². The normalized spacial score (nSPS) is 10.8. The summed E-state index contributed by atoms with van der Waals surface area (Å²) in [6, 6.07) is 34.9. The first-order valence-electron chi connectivity index (χ1n) is 10.6. The maximum Gasteiger partial charge on any atom is 0.128 e. The molecule has 32 heavy (non-hydrogen) atoms. The fraction of sp³-hybridized carbons (Fsp3) is 0.0690. The Bertz CT molecular complexity index is 1390. The molecule has 1 heterocycles. The lowest BCUT2D eigenvalue weighted by Gasteiger charge is -2.19. The first-order valence-corrected chi connectivity index (χ1v) is 10.6. The molecular weight excluding hydrogens is 394 g/mol. The third kappa shape index (κ3) is 3.38. The van der Waals surface area contributed by atoms with Crippen LogP contribution in [0, 0.1) is 0 Å². The molecular formula is C29H23NO2. The van der Waals surface area contributed by atoms with E-state index in [-0.39, 0.29) is 0 Å². The van der Waals surface area contributed by atoms with E-state index in [2.05, 4.69) is 48.5 Å². The van der Waals surface area contributed by atoms with E-state index in [0.717, 1.165) is 55.9 Å². The van der Waals surface area contributed by atoms with Crippen LogP contribution >= 0.6 is 0 Å². The number of hydrogen-bond donors (Lipinski definition) is 0. The fourth-order valence-corrected chi connectivity index (χ4v) is 4.24. The Labute approximate surface area is 187 Å². The molecule has 0 aliphatic carbocycles. The number of methoxy groups -OCH3 is 2. The van der Waals surface area contributed by atoms with Crippen molar-refractivity contribution in [3.05, 3.63) is 103 Å². The van der Waals surface area contributed by atoms with Crippen molar-refractivity contribution < 1.29 is 9.47 Å². The van der Waals surface area contributed by atoms with Gasteiger partial charge in [-0.3, -0.25) is 0 Å². The van der Waals surface area contributed by atoms with Gasteiger partial charge < -0.3 is 9.47 Å². The van der Waals surface area contributed by atoms with Crippen LogP contribution in [-0.2, 0) is 0 Å². The predicted molar refractivity (Wildman–Crippen MR) is 131 cm³/mol. The lowest BCUT2D eigenvalue weighted by molar-refractivity contribution is 0.415. The van der Waals surface area contributed by atoms with Crippen LogP contribution in [-0.4, -0.2) is 19.2 Å². The van der Waals surface area contributed by atoms with Crippen molar-refractivity contribution in [2.24, 2.45) is 0 Å². The minimum absolute atomic E-state index is 0.783. The highest BCUT2D eigenvalue weighted by molar-refractivity contribution is 6.09. The molecule has 0 bridgehead atoms. The van der Waals surface area contributed by atoms with Gasteiger partial charge in [-0.05, 0) is 23.6 Å². The van der Waals surface area contributed by atoms with Gasteiger partial charge in [-0.25, -0.2) is 4.98 Å². The van der Waals surface area contributed by atoms with Crippen LogP contribution in [0.15, 0.2) is 103 Å². The van der Waals surface area contributed by atoms with Gasteiger partial charge in [0, 0.05) is 27.6 Å². The van der Waals surface area contributed by atoms with E-state index >= 15 is 0 Å². The van der Waals surface area contributed by atoms with Crippen LogP contribution in [0.1, 0.15) is 0 Å². The molecule has 0 fully saturated rings. The largest absolute Gasteiger partial charge is 0.496 e. The molecule has 0 amide bonds. The zero-order valence-corrected chi connectivity index (χ0v) is 18.1. The topological polar surface area (TPSA) is 31.4 Å². The van der Waals surface area contributed by atoms with Gasteiger partial charge in [0.05, 0.1) is 25.6 Å². The van der Waals surface area contributed by atoms with Crippen LogP contribution in [0.25, 0.3) is 44.4 Å². The van der Waals surface area contributed by atoms with Crippen molar-refractivity contribution in [1.82, 2.24) is 4.98 Å². The van der Waals surface area contributed by atoms with Gasteiger partial charge >= 0.3 is 0 Å². The number of hydrogen-bond acceptors (Lipinski definition) is 3. The standard InChI is InChI=1S/C29H23NO2/c1-31-25-18-10-8-16-23(25)27-21-14-6-7-15-22(21)28(20-12-4-3-5-13-20)30-29(27)24-17-9-11-19-26(24)32-2/h3-19H,1-2H3. The molecule has 0 unspecified atom stereocenters. The number of fused-ring (bicyclic) bond motifs is 1. The van der Waals surface area contributed by atoms with Gasteiger partial charge in [0.2, 0.25) is 0 Å². The summed E-state index contributed by atoms with van der Waals surface area (Å²) in [6.45, 7) is 0. The first kappa shape index (κ1) is 19.8. The van der Waals surface area contributed by atoms with Gasteiger partial charge in [-0.15, -0.1) is 0 Å². The summed E-state index contributed by atoms with van der Waals surface area (Å²) in [6.07, 6.45) is 0. The minimum atomic E-state index is 0.783. The molecule has 5 rings (SSSR count). The third-order valence-electron chi connectivity index (χ3n) is 5.70. The molecule has 3 heteroatoms. The van der Waals surface area contributed by atoms with Crippen LogP contribution in [0.5, 0.6) is 11.5 Å². The van der Waals surface area contributed by atoms with Crippen molar-refractivity contribution in [2.45, 2.75) is 0 Å². The summed E-state index contributed by atoms with van der Waals surface area (Å²) in [5.74, 6) is 1.59. The number of ether oxygens (including phenoxy) is 2. The zero-order chi connectivity index (χ0) is 21.9. The maximum atomic E-state index is 5.75. The Morgan fingerprint density at radius 3 is 1.72 bits per heavy atom. The molecule has 5 aromatic rings. The SMILES string of the molecule is COc1ccccc1-c1nc(-c2ccccc2)c2ccccc2c1-c1ccccc1OC. The van der Waals surface area contributed by atoms with Crippen molar-refractivity contribution in [1.29, 1.82) is 0 Å². The van der Waals surface area contributed by atoms with E-state index in [4.69, 9.17) is 14.5 Å². The zero-order valence-electron chi connectivity index (χ0n) is 18.1. The highest BCUT2D eigenvalue weighted by Gasteiger charge is 2.21. The Kier molecular flexibility index (Phi) is 5.30. The first-order chi connectivity index (χ1) is 15.8. The average Bonchev–Trinajstić information content (AvgIpc) is 2.88. The molecule has 0 aliphatic rings. The van der Waals surface area contributed by atoms with Gasteiger partial charge in [-0.2, -0.15) is 0 Å². The van der Waals surface area contributed by atoms with E-state index in [0.29, 0.717) is 0 Å². The number of nitrogens with zero attached hydrogens (tertiary/aromatic N) is 1. The molecule has 0 atom stereocenters. The third-order valence-corrected chi connectivity index (χ3v) is 5.70. The van der Waals surface area contributed by atoms with Gasteiger partial charge in [0.1, 0.15) is 11.5 Å². The summed E-state index contributed by atoms with van der Waals surface area (Å²) in [5, 5.41) is 2.21. The number of para-hydroxylation sites is 2. The summed E-state index contributed by atoms with van der Waals surface area (Å²) in [7, 11) is 3.40. The second kappa shape index (κ2) is 8.56. The van der Waals surface area contributed by atoms with E-state index in [1.807, 2.05) is 54.6 Å². The van der Waals surface area contributed by atoms with Crippen LogP contribution in [0.3, 0.4) is 0 Å². The number of benzene rings is 4. The number of aromatic nitrogens is 1. The molecule has 156 valence electrons. The van der Waals surface area contributed by atoms with Crippen molar-refractivity contribution >= 4 is 10.8 Å². The van der Waals surface area contributed by atoms with E-state index < -0.39 is 0 Å². The quantitative estimate of drug-likeness (QED) is 0.302. The Balaban J connectivity index is 1.96. The Hall–Kier alpha value is -4.11. The second-order valence-corrected chi connectivity index (χ2v) is 7.50. The molecule has 4 aromatic carbocycles. The summed E-state index contributed by atoms with van der Waals surface area (Å²) >= 11 is 0. The summed E-state index contributed by atoms with van der Waals surface area (Å²) in [4.78, 5) is 5.27. The molecule has 0 saturated heterocycles. The van der Waals surface area contributed by atoms with Crippen LogP contribution in [0.2, 0.25) is 0 Å². The molecule has 0 N–H and O–H groups in total. The van der Waals surface area contributed by atoms with E-state index in [1.165, 1.54) is 0 Å². The number of rotatable bonds is 5. The molecule has 3 nitrogen and oxygen atoms in total. The van der Waals surface area contributed by atoms with Crippen molar-refractivity contribution in [3.8, 4) is 45.1 Å². The molecule has 0 radical (unpaired) electrons. The Morgan fingerprint density at radius 1 is 0.500 bits per heavy atom. The second-order valence-electron chi connectivity index (χ2n) is 7.50. The monoisotopic (exact) mass is 417 g/mol.